The summed E-state index contributed by atoms with van der Waals surface area (Å²) in [5, 5.41) is 4.64. The van der Waals surface area contributed by atoms with E-state index in [1.54, 1.807) is 25.1 Å². The summed E-state index contributed by atoms with van der Waals surface area (Å²) in [4.78, 5) is 73.8. The number of benzene rings is 2. The predicted octanol–water partition coefficient (Wildman–Crippen LogP) is 3.65. The molecule has 246 valence electrons. The summed E-state index contributed by atoms with van der Waals surface area (Å²) in [5.41, 5.74) is 4.95. The van der Waals surface area contributed by atoms with Gasteiger partial charge in [0.05, 0.1) is 28.5 Å². The zero-order chi connectivity index (χ0) is 34.1. The van der Waals surface area contributed by atoms with Crippen molar-refractivity contribution in [1.82, 2.24) is 20.2 Å². The normalized spacial score (nSPS) is 11.5. The van der Waals surface area contributed by atoms with E-state index in [1.807, 2.05) is 70.0 Å². The highest BCUT2D eigenvalue weighted by Gasteiger charge is 2.19. The number of rotatable bonds is 14. The van der Waals surface area contributed by atoms with E-state index in [4.69, 9.17) is 0 Å². The lowest BCUT2D eigenvalue weighted by molar-refractivity contribution is -0.125. The SMILES string of the molecule is CC.CCc1ccc(N(C)C(C)CCC(=O)NC=O)c(N(C)C=O)c1.CNC(=O)CCC(C=O)n1c(=O)[nH]c2c(C)cccc21. The molecule has 4 amide bonds. The molecule has 12 heteroatoms. The molecule has 0 bridgehead atoms. The maximum atomic E-state index is 12.1. The quantitative estimate of drug-likeness (QED) is 0.231. The number of aromatic nitrogens is 2. The van der Waals surface area contributed by atoms with Crippen LogP contribution in [0.15, 0.2) is 41.2 Å². The lowest BCUT2D eigenvalue weighted by atomic mass is 10.1. The summed E-state index contributed by atoms with van der Waals surface area (Å²) in [6.07, 6.45) is 4.16. The van der Waals surface area contributed by atoms with E-state index in [9.17, 15) is 28.8 Å². The topological polar surface area (TPSA) is 154 Å². The standard InChI is InChI=1S/C17H25N3O3.C14H17N3O3.C2H6/c1-5-14-7-8-15(16(10-14)19(3)12-22)20(4)13(2)6-9-17(23)18-11-21;1-9-4-3-5-11-13(9)16-14(20)17(11)10(8-18)6-7-12(19)15-2;1-2/h7-8,10-13H,5-6,9H2,1-4H3,(H,18,21,23);3-5,8,10H,6-7H2,1-2H3,(H,15,19)(H,16,20);1-2H3. The summed E-state index contributed by atoms with van der Waals surface area (Å²) in [6.45, 7) is 9.97. The highest BCUT2D eigenvalue weighted by molar-refractivity contribution is 5.86. The number of fused-ring (bicyclic) bond motifs is 1. The summed E-state index contributed by atoms with van der Waals surface area (Å²) < 4.78 is 1.41. The third-order valence-corrected chi connectivity index (χ3v) is 7.43. The van der Waals surface area contributed by atoms with Crippen LogP contribution in [0.3, 0.4) is 0 Å². The summed E-state index contributed by atoms with van der Waals surface area (Å²) in [6, 6.07) is 11.0. The van der Waals surface area contributed by atoms with Crippen LogP contribution >= 0.6 is 0 Å². The van der Waals surface area contributed by atoms with Gasteiger partial charge in [0.1, 0.15) is 6.29 Å². The van der Waals surface area contributed by atoms with Crippen LogP contribution in [-0.2, 0) is 30.4 Å². The molecule has 12 nitrogen and oxygen atoms in total. The Bertz CT molecular complexity index is 1480. The van der Waals surface area contributed by atoms with Crippen molar-refractivity contribution in [3.8, 4) is 0 Å². The number of aldehydes is 1. The minimum atomic E-state index is -0.643. The van der Waals surface area contributed by atoms with Gasteiger partial charge in [0.25, 0.3) is 0 Å². The summed E-state index contributed by atoms with van der Waals surface area (Å²) in [5.74, 6) is -0.437. The Labute approximate surface area is 265 Å². The Hall–Kier alpha value is -4.74. The molecule has 3 aromatic rings. The first kappa shape index (κ1) is 38.3. The number of aryl methyl sites for hydroxylation is 2. The first-order valence-electron chi connectivity index (χ1n) is 15.1. The molecule has 2 unspecified atom stereocenters. The van der Waals surface area contributed by atoms with E-state index in [1.165, 1.54) is 4.57 Å². The monoisotopic (exact) mass is 624 g/mol. The minimum absolute atomic E-state index is 0.0821. The number of hydrogen-bond acceptors (Lipinski definition) is 7. The number of carbonyl (C=O) groups is 5. The van der Waals surface area contributed by atoms with E-state index < -0.39 is 6.04 Å². The number of hydrogen-bond donors (Lipinski definition) is 3. The number of imide groups is 1. The Morgan fingerprint density at radius 2 is 1.67 bits per heavy atom. The molecule has 3 rings (SSSR count). The minimum Gasteiger partial charge on any atom is -0.370 e. The third kappa shape index (κ3) is 10.7. The van der Waals surface area contributed by atoms with Gasteiger partial charge in [-0.2, -0.15) is 0 Å². The van der Waals surface area contributed by atoms with Crippen LogP contribution in [0, 0.1) is 6.92 Å². The third-order valence-electron chi connectivity index (χ3n) is 7.43. The molecule has 45 heavy (non-hydrogen) atoms. The average molecular weight is 625 g/mol. The number of nitrogens with one attached hydrogen (secondary N) is 3. The van der Waals surface area contributed by atoms with Crippen molar-refractivity contribution >= 4 is 53.3 Å². The van der Waals surface area contributed by atoms with Gasteiger partial charge in [-0.05, 0) is 62.4 Å². The van der Waals surface area contributed by atoms with Gasteiger partial charge in [-0.15, -0.1) is 0 Å². The van der Waals surface area contributed by atoms with Crippen molar-refractivity contribution in [3.63, 3.8) is 0 Å². The molecule has 0 aliphatic rings. The largest absolute Gasteiger partial charge is 0.370 e. The Kier molecular flexibility index (Phi) is 16.6. The van der Waals surface area contributed by atoms with Gasteiger partial charge in [-0.3, -0.25) is 29.1 Å². The smallest absolute Gasteiger partial charge is 0.327 e. The van der Waals surface area contributed by atoms with Crippen LogP contribution in [-0.4, -0.2) is 67.7 Å². The maximum absolute atomic E-state index is 12.1. The van der Waals surface area contributed by atoms with Crippen molar-refractivity contribution in [3.05, 3.63) is 58.0 Å². The van der Waals surface area contributed by atoms with E-state index in [0.717, 1.165) is 40.8 Å². The summed E-state index contributed by atoms with van der Waals surface area (Å²) in [7, 11) is 5.20. The fourth-order valence-corrected chi connectivity index (χ4v) is 4.62. The lowest BCUT2D eigenvalue weighted by Crippen LogP contribution is -2.32. The van der Waals surface area contributed by atoms with Crippen molar-refractivity contribution in [2.45, 2.75) is 78.8 Å². The fourth-order valence-electron chi connectivity index (χ4n) is 4.62. The number of anilines is 2. The zero-order valence-electron chi connectivity index (χ0n) is 27.7. The molecule has 2 aromatic carbocycles. The highest BCUT2D eigenvalue weighted by atomic mass is 16.2. The molecule has 0 saturated carbocycles. The Morgan fingerprint density at radius 1 is 1.00 bits per heavy atom. The van der Waals surface area contributed by atoms with E-state index in [2.05, 4.69) is 22.5 Å². The second-order valence-electron chi connectivity index (χ2n) is 10.3. The van der Waals surface area contributed by atoms with Gasteiger partial charge in [0, 0.05) is 40.0 Å². The molecular weight excluding hydrogens is 576 g/mol. The Balaban J connectivity index is 0.000000429. The van der Waals surface area contributed by atoms with E-state index in [-0.39, 0.29) is 36.4 Å². The van der Waals surface area contributed by atoms with Crippen LogP contribution in [0.25, 0.3) is 11.0 Å². The van der Waals surface area contributed by atoms with Gasteiger partial charge in [0.2, 0.25) is 24.6 Å². The molecular formula is C33H48N6O6. The van der Waals surface area contributed by atoms with Gasteiger partial charge in [-0.1, -0.05) is 39.0 Å². The number of nitrogens with zero attached hydrogens (tertiary/aromatic N) is 3. The first-order valence-corrected chi connectivity index (χ1v) is 15.1. The van der Waals surface area contributed by atoms with Crippen molar-refractivity contribution in [1.29, 1.82) is 0 Å². The van der Waals surface area contributed by atoms with Gasteiger partial charge in [-0.25, -0.2) is 4.79 Å². The number of amides is 4. The van der Waals surface area contributed by atoms with Crippen molar-refractivity contribution in [2.24, 2.45) is 0 Å². The second-order valence-corrected chi connectivity index (χ2v) is 10.3. The van der Waals surface area contributed by atoms with Crippen molar-refractivity contribution in [2.75, 3.05) is 30.9 Å². The molecule has 0 radical (unpaired) electrons. The van der Waals surface area contributed by atoms with Gasteiger partial charge in [0.15, 0.2) is 0 Å². The number of imidazole rings is 1. The van der Waals surface area contributed by atoms with Crippen LogP contribution in [0.1, 0.15) is 70.5 Å². The van der Waals surface area contributed by atoms with Crippen LogP contribution in [0.5, 0.6) is 0 Å². The van der Waals surface area contributed by atoms with Gasteiger partial charge >= 0.3 is 5.69 Å². The first-order chi connectivity index (χ1) is 21.5. The molecule has 0 spiro atoms. The van der Waals surface area contributed by atoms with Crippen LogP contribution < -0.4 is 26.1 Å². The number of aromatic amines is 1. The van der Waals surface area contributed by atoms with Crippen LogP contribution in [0.2, 0.25) is 0 Å². The molecule has 0 aliphatic carbocycles. The van der Waals surface area contributed by atoms with E-state index >= 15 is 0 Å². The van der Waals surface area contributed by atoms with Crippen molar-refractivity contribution < 1.29 is 24.0 Å². The highest BCUT2D eigenvalue weighted by Crippen LogP contribution is 2.31. The average Bonchev–Trinajstić information content (AvgIpc) is 3.40. The fraction of sp³-hybridized carbons (Fsp3) is 0.455. The number of H-pyrrole nitrogens is 1. The number of para-hydroxylation sites is 1. The molecule has 2 atom stereocenters. The second kappa shape index (κ2) is 19.5. The van der Waals surface area contributed by atoms with E-state index in [0.29, 0.717) is 31.1 Å². The molecule has 0 aliphatic heterocycles. The zero-order valence-corrected chi connectivity index (χ0v) is 27.7. The molecule has 1 aromatic heterocycles. The Morgan fingerprint density at radius 3 is 2.24 bits per heavy atom. The summed E-state index contributed by atoms with van der Waals surface area (Å²) >= 11 is 0. The lowest BCUT2D eigenvalue weighted by Gasteiger charge is -2.30. The maximum Gasteiger partial charge on any atom is 0.327 e. The number of carbonyl (C=O) groups excluding carboxylic acids is 5. The predicted molar refractivity (Wildman–Crippen MR) is 179 cm³/mol. The van der Waals surface area contributed by atoms with Gasteiger partial charge < -0.3 is 24.9 Å². The molecule has 0 saturated heterocycles. The molecule has 3 N–H and O–H groups in total. The molecule has 1 heterocycles. The molecule has 0 fully saturated rings. The van der Waals surface area contributed by atoms with Crippen LogP contribution in [0.4, 0.5) is 11.4 Å².